The van der Waals surface area contributed by atoms with E-state index < -0.39 is 0 Å². The first-order chi connectivity index (χ1) is 12.2. The summed E-state index contributed by atoms with van der Waals surface area (Å²) >= 11 is 0. The van der Waals surface area contributed by atoms with Crippen LogP contribution in [0.3, 0.4) is 0 Å². The lowest BCUT2D eigenvalue weighted by atomic mass is 9.90. The molecule has 2 unspecified atom stereocenters. The number of rotatable bonds is 8. The van der Waals surface area contributed by atoms with Crippen molar-refractivity contribution in [2.45, 2.75) is 57.0 Å². The van der Waals surface area contributed by atoms with Crippen LogP contribution >= 0.6 is 0 Å². The number of carbonyl (C=O) groups is 1. The molecule has 0 spiro atoms. The zero-order chi connectivity index (χ0) is 17.6. The number of methoxy groups -OCH3 is 1. The number of hydrogen-bond acceptors (Lipinski definition) is 3. The van der Waals surface area contributed by atoms with E-state index in [0.29, 0.717) is 24.4 Å². The van der Waals surface area contributed by atoms with Crippen LogP contribution < -0.4 is 4.74 Å². The fourth-order valence-electron chi connectivity index (χ4n) is 3.75. The molecule has 0 N–H and O–H groups in total. The van der Waals surface area contributed by atoms with Crippen molar-refractivity contribution in [2.75, 3.05) is 27.3 Å². The predicted molar refractivity (Wildman–Crippen MR) is 98.9 cm³/mol. The van der Waals surface area contributed by atoms with Crippen molar-refractivity contribution in [3.05, 3.63) is 29.8 Å². The van der Waals surface area contributed by atoms with Crippen LogP contribution in [0.1, 0.15) is 56.4 Å². The monoisotopic (exact) mass is 345 g/mol. The quantitative estimate of drug-likeness (QED) is 0.715. The van der Waals surface area contributed by atoms with Gasteiger partial charge in [0, 0.05) is 26.6 Å². The van der Waals surface area contributed by atoms with Crippen LogP contribution in [0.5, 0.6) is 5.75 Å². The molecule has 2 fully saturated rings. The maximum atomic E-state index is 12.7. The average Bonchev–Trinajstić information content (AvgIpc) is 3.50. The van der Waals surface area contributed by atoms with Gasteiger partial charge in [0.2, 0.25) is 5.91 Å². The summed E-state index contributed by atoms with van der Waals surface area (Å²) in [6.07, 6.45) is 7.95. The predicted octanol–water partition coefficient (Wildman–Crippen LogP) is 4.00. The topological polar surface area (TPSA) is 38.8 Å². The zero-order valence-corrected chi connectivity index (χ0v) is 15.6. The smallest absolute Gasteiger partial charge is 0.222 e. The molecule has 1 aromatic carbocycles. The van der Waals surface area contributed by atoms with Crippen molar-refractivity contribution in [1.82, 2.24) is 4.90 Å². The molecule has 1 aliphatic carbocycles. The van der Waals surface area contributed by atoms with Gasteiger partial charge in [0.1, 0.15) is 5.75 Å². The Morgan fingerprint density at radius 2 is 2.00 bits per heavy atom. The van der Waals surface area contributed by atoms with Crippen molar-refractivity contribution < 1.29 is 14.3 Å². The molecule has 25 heavy (non-hydrogen) atoms. The van der Waals surface area contributed by atoms with Crippen molar-refractivity contribution >= 4 is 5.91 Å². The molecule has 4 heteroatoms. The number of benzene rings is 1. The third-order valence-electron chi connectivity index (χ3n) is 5.62. The number of nitrogens with zero attached hydrogens (tertiary/aromatic N) is 1. The highest BCUT2D eigenvalue weighted by atomic mass is 16.5. The first kappa shape index (κ1) is 18.2. The molecule has 1 aliphatic heterocycles. The van der Waals surface area contributed by atoms with Crippen molar-refractivity contribution in [3.8, 4) is 5.75 Å². The van der Waals surface area contributed by atoms with Crippen LogP contribution in [0.4, 0.5) is 0 Å². The molecular formula is C21H31NO3. The second kappa shape index (κ2) is 8.70. The number of ether oxygens (including phenoxy) is 2. The molecule has 1 aromatic rings. The van der Waals surface area contributed by atoms with Crippen molar-refractivity contribution in [1.29, 1.82) is 0 Å². The molecule has 0 radical (unpaired) electrons. The third-order valence-corrected chi connectivity index (χ3v) is 5.62. The molecule has 1 amide bonds. The van der Waals surface area contributed by atoms with E-state index >= 15 is 0 Å². The molecule has 2 atom stereocenters. The highest BCUT2D eigenvalue weighted by Crippen LogP contribution is 2.45. The van der Waals surface area contributed by atoms with Crippen LogP contribution in [-0.2, 0) is 9.53 Å². The largest absolute Gasteiger partial charge is 0.497 e. The summed E-state index contributed by atoms with van der Waals surface area (Å²) in [6.45, 7) is 1.67. The molecule has 1 saturated heterocycles. The van der Waals surface area contributed by atoms with Crippen LogP contribution in [-0.4, -0.2) is 44.2 Å². The molecule has 3 rings (SSSR count). The Labute approximate surface area is 151 Å². The van der Waals surface area contributed by atoms with Gasteiger partial charge < -0.3 is 14.4 Å². The highest BCUT2D eigenvalue weighted by Gasteiger charge is 2.34. The lowest BCUT2D eigenvalue weighted by molar-refractivity contribution is -0.130. The minimum Gasteiger partial charge on any atom is -0.497 e. The maximum Gasteiger partial charge on any atom is 0.222 e. The molecule has 0 aromatic heterocycles. The van der Waals surface area contributed by atoms with Gasteiger partial charge in [-0.2, -0.15) is 0 Å². The summed E-state index contributed by atoms with van der Waals surface area (Å²) in [5.41, 5.74) is 1.26. The van der Waals surface area contributed by atoms with E-state index in [-0.39, 0.29) is 5.91 Å². The van der Waals surface area contributed by atoms with Crippen LogP contribution in [0, 0.1) is 5.92 Å². The van der Waals surface area contributed by atoms with E-state index in [4.69, 9.17) is 9.47 Å². The van der Waals surface area contributed by atoms with Gasteiger partial charge in [0.15, 0.2) is 0 Å². The van der Waals surface area contributed by atoms with Gasteiger partial charge in [-0.3, -0.25) is 4.79 Å². The minimum atomic E-state index is 0.253. The van der Waals surface area contributed by atoms with E-state index in [1.807, 2.05) is 24.1 Å². The normalized spacial score (nSPS) is 21.6. The molecule has 1 saturated carbocycles. The van der Waals surface area contributed by atoms with Crippen LogP contribution in [0.25, 0.3) is 0 Å². The summed E-state index contributed by atoms with van der Waals surface area (Å²) < 4.78 is 11.0. The van der Waals surface area contributed by atoms with E-state index in [1.54, 1.807) is 7.11 Å². The summed E-state index contributed by atoms with van der Waals surface area (Å²) in [7, 11) is 3.62. The Balaban J connectivity index is 1.52. The van der Waals surface area contributed by atoms with E-state index in [1.165, 1.54) is 31.2 Å². The lowest BCUT2D eigenvalue weighted by Crippen LogP contribution is -2.32. The lowest BCUT2D eigenvalue weighted by Gasteiger charge is -2.26. The van der Waals surface area contributed by atoms with E-state index in [0.717, 1.165) is 31.7 Å². The second-order valence-corrected chi connectivity index (χ2v) is 7.51. The third kappa shape index (κ3) is 5.21. The van der Waals surface area contributed by atoms with E-state index in [2.05, 4.69) is 12.1 Å². The van der Waals surface area contributed by atoms with Crippen LogP contribution in [0.15, 0.2) is 24.3 Å². The van der Waals surface area contributed by atoms with E-state index in [9.17, 15) is 4.79 Å². The Morgan fingerprint density at radius 3 is 2.60 bits per heavy atom. The molecule has 0 bridgehead atoms. The first-order valence-corrected chi connectivity index (χ1v) is 9.67. The second-order valence-electron chi connectivity index (χ2n) is 7.51. The Bertz CT molecular complexity index is 547. The van der Waals surface area contributed by atoms with Gasteiger partial charge in [0.05, 0.1) is 13.2 Å². The number of hydrogen-bond donors (Lipinski definition) is 0. The Kier molecular flexibility index (Phi) is 6.35. The van der Waals surface area contributed by atoms with Crippen molar-refractivity contribution in [3.63, 3.8) is 0 Å². The van der Waals surface area contributed by atoms with Gasteiger partial charge in [-0.1, -0.05) is 12.1 Å². The first-order valence-electron chi connectivity index (χ1n) is 9.67. The summed E-state index contributed by atoms with van der Waals surface area (Å²) in [5, 5.41) is 0. The number of amides is 1. The zero-order valence-electron chi connectivity index (χ0n) is 15.6. The SMILES string of the molecule is COc1ccc(C(CC(=O)N(C)CCC2CCCCO2)C2CC2)cc1. The van der Waals surface area contributed by atoms with Crippen molar-refractivity contribution in [2.24, 2.45) is 5.92 Å². The minimum absolute atomic E-state index is 0.253. The standard InChI is InChI=1S/C21H31NO3/c1-22(13-12-19-5-3-4-14-25-19)21(23)15-20(16-6-7-16)17-8-10-18(24-2)11-9-17/h8-11,16,19-20H,3-7,12-15H2,1-2H3. The van der Waals surface area contributed by atoms with Gasteiger partial charge in [-0.25, -0.2) is 0 Å². The summed E-state index contributed by atoms with van der Waals surface area (Å²) in [4.78, 5) is 14.6. The molecule has 4 nitrogen and oxygen atoms in total. The van der Waals surface area contributed by atoms with Gasteiger partial charge >= 0.3 is 0 Å². The summed E-state index contributed by atoms with van der Waals surface area (Å²) in [5.74, 6) is 2.12. The molecule has 2 aliphatic rings. The van der Waals surface area contributed by atoms with Gasteiger partial charge in [-0.15, -0.1) is 0 Å². The molecule has 1 heterocycles. The summed E-state index contributed by atoms with van der Waals surface area (Å²) in [6, 6.07) is 8.23. The molecular weight excluding hydrogens is 314 g/mol. The average molecular weight is 345 g/mol. The highest BCUT2D eigenvalue weighted by molar-refractivity contribution is 5.77. The molecule has 138 valence electrons. The van der Waals surface area contributed by atoms with Crippen LogP contribution in [0.2, 0.25) is 0 Å². The van der Waals surface area contributed by atoms with Gasteiger partial charge in [0.25, 0.3) is 0 Å². The fraction of sp³-hybridized carbons (Fsp3) is 0.667. The Hall–Kier alpha value is -1.55. The Morgan fingerprint density at radius 1 is 1.24 bits per heavy atom. The fourth-order valence-corrected chi connectivity index (χ4v) is 3.75. The maximum absolute atomic E-state index is 12.7. The number of carbonyl (C=O) groups excluding carboxylic acids is 1. The van der Waals surface area contributed by atoms with Gasteiger partial charge in [-0.05, 0) is 68.1 Å².